The number of benzene rings is 1. The van der Waals surface area contributed by atoms with Crippen LogP contribution in [-0.2, 0) is 31.7 Å². The molecule has 0 aliphatic rings. The Labute approximate surface area is 168 Å². The zero-order valence-corrected chi connectivity index (χ0v) is 16.2. The quantitative estimate of drug-likeness (QED) is 0.354. The van der Waals surface area contributed by atoms with Crippen molar-refractivity contribution >= 4 is 33.7 Å². The molecule has 0 bridgehead atoms. The largest absolute Gasteiger partial charge is 0.480 e. The highest BCUT2D eigenvalue weighted by atomic mass is 19.4. The minimum atomic E-state index is -4.84. The maximum Gasteiger partial charge on any atom is 0.417 e. The smallest absolute Gasteiger partial charge is 0.417 e. The lowest BCUT2D eigenvalue weighted by Crippen LogP contribution is -2.29. The average Bonchev–Trinajstić information content (AvgIpc) is 2.74. The molecule has 3 aromatic rings. The van der Waals surface area contributed by atoms with Crippen molar-refractivity contribution in [3.05, 3.63) is 41.6 Å². The molecule has 0 amide bonds. The molecule has 0 N–H and O–H groups in total. The van der Waals surface area contributed by atoms with Crippen molar-refractivity contribution < 1.29 is 37.0 Å². The van der Waals surface area contributed by atoms with E-state index in [1.54, 1.807) is 24.3 Å². The Morgan fingerprint density at radius 2 is 1.70 bits per heavy atom. The van der Waals surface area contributed by atoms with Gasteiger partial charge in [-0.3, -0.25) is 14.6 Å². The number of hydrogen-bond donors (Lipinski definition) is 0. The number of ether oxygens (including phenoxy) is 3. The fourth-order valence-corrected chi connectivity index (χ4v) is 3.29. The summed E-state index contributed by atoms with van der Waals surface area (Å²) in [5.74, 6) is -3.88. The summed E-state index contributed by atoms with van der Waals surface area (Å²) in [6.07, 6.45) is -4.46. The topological polar surface area (TPSA) is 87.6 Å². The number of nitrogens with zero attached hydrogens (tertiary/aromatic N) is 2. The SMILES string of the molecule is COC(=O)C(Cc1cnc2c(c(OC)nc3ccccc32)c1C(F)(F)F)C(=O)OC. The van der Waals surface area contributed by atoms with Gasteiger partial charge in [0.2, 0.25) is 5.88 Å². The molecule has 0 spiro atoms. The number of fused-ring (bicyclic) bond motifs is 3. The Morgan fingerprint density at radius 3 is 2.27 bits per heavy atom. The molecule has 1 aromatic carbocycles. The monoisotopic (exact) mass is 422 g/mol. The molecule has 2 heterocycles. The van der Waals surface area contributed by atoms with Gasteiger partial charge < -0.3 is 14.2 Å². The first kappa shape index (κ1) is 21.3. The van der Waals surface area contributed by atoms with Crippen LogP contribution in [-0.4, -0.2) is 43.2 Å². The Balaban J connectivity index is 2.34. The van der Waals surface area contributed by atoms with Gasteiger partial charge in [0.05, 0.1) is 43.3 Å². The molecule has 0 aliphatic heterocycles. The van der Waals surface area contributed by atoms with Gasteiger partial charge in [-0.25, -0.2) is 4.98 Å². The zero-order valence-electron chi connectivity index (χ0n) is 16.2. The van der Waals surface area contributed by atoms with Crippen molar-refractivity contribution in [2.24, 2.45) is 5.92 Å². The van der Waals surface area contributed by atoms with E-state index in [1.807, 2.05) is 0 Å². The molecule has 30 heavy (non-hydrogen) atoms. The van der Waals surface area contributed by atoms with Gasteiger partial charge in [0.25, 0.3) is 0 Å². The molecule has 0 radical (unpaired) electrons. The number of rotatable bonds is 5. The summed E-state index contributed by atoms with van der Waals surface area (Å²) in [6, 6.07) is 6.58. The van der Waals surface area contributed by atoms with Crippen LogP contribution >= 0.6 is 0 Å². The Bertz CT molecular complexity index is 1110. The number of carbonyl (C=O) groups is 2. The Morgan fingerprint density at radius 1 is 1.07 bits per heavy atom. The molecule has 2 aromatic heterocycles. The van der Waals surface area contributed by atoms with Gasteiger partial charge in [0.15, 0.2) is 5.92 Å². The number of para-hydroxylation sites is 1. The second-order valence-corrected chi connectivity index (χ2v) is 6.32. The predicted molar refractivity (Wildman–Crippen MR) is 99.8 cm³/mol. The number of esters is 2. The molecule has 0 saturated carbocycles. The van der Waals surface area contributed by atoms with Crippen LogP contribution < -0.4 is 4.74 Å². The Hall–Kier alpha value is -3.43. The summed E-state index contributed by atoms with van der Waals surface area (Å²) in [5.41, 5.74) is -1.01. The van der Waals surface area contributed by atoms with Crippen LogP contribution in [0.3, 0.4) is 0 Å². The molecule has 0 atom stereocenters. The summed E-state index contributed by atoms with van der Waals surface area (Å²) in [6.45, 7) is 0. The molecule has 158 valence electrons. The van der Waals surface area contributed by atoms with Crippen LogP contribution in [0, 0.1) is 5.92 Å². The van der Waals surface area contributed by atoms with Crippen LogP contribution in [0.5, 0.6) is 5.88 Å². The van der Waals surface area contributed by atoms with Crippen LogP contribution in [0.1, 0.15) is 11.1 Å². The zero-order chi connectivity index (χ0) is 22.1. The normalized spacial score (nSPS) is 11.7. The second kappa shape index (κ2) is 8.13. The van der Waals surface area contributed by atoms with Crippen molar-refractivity contribution in [1.82, 2.24) is 9.97 Å². The minimum absolute atomic E-state index is 0.0428. The lowest BCUT2D eigenvalue weighted by atomic mass is 9.93. The van der Waals surface area contributed by atoms with E-state index < -0.39 is 36.0 Å². The van der Waals surface area contributed by atoms with E-state index in [0.717, 1.165) is 20.4 Å². The maximum absolute atomic E-state index is 14.2. The highest BCUT2D eigenvalue weighted by Crippen LogP contribution is 2.42. The summed E-state index contributed by atoms with van der Waals surface area (Å²) in [4.78, 5) is 32.3. The number of hydrogen-bond acceptors (Lipinski definition) is 7. The van der Waals surface area contributed by atoms with E-state index in [4.69, 9.17) is 4.74 Å². The van der Waals surface area contributed by atoms with Crippen LogP contribution in [0.15, 0.2) is 30.5 Å². The van der Waals surface area contributed by atoms with Gasteiger partial charge in [0.1, 0.15) is 0 Å². The summed E-state index contributed by atoms with van der Waals surface area (Å²) in [7, 11) is 3.26. The third-order valence-corrected chi connectivity index (χ3v) is 4.62. The van der Waals surface area contributed by atoms with E-state index in [0.29, 0.717) is 10.9 Å². The van der Waals surface area contributed by atoms with E-state index >= 15 is 0 Å². The van der Waals surface area contributed by atoms with Crippen molar-refractivity contribution in [1.29, 1.82) is 0 Å². The molecular formula is C20H17F3N2O5. The molecule has 7 nitrogen and oxygen atoms in total. The van der Waals surface area contributed by atoms with Gasteiger partial charge in [-0.15, -0.1) is 0 Å². The van der Waals surface area contributed by atoms with E-state index in [9.17, 15) is 22.8 Å². The number of aromatic nitrogens is 2. The molecule has 10 heteroatoms. The molecule has 0 unspecified atom stereocenters. The third kappa shape index (κ3) is 3.72. The number of pyridine rings is 2. The highest BCUT2D eigenvalue weighted by molar-refractivity contribution is 6.07. The second-order valence-electron chi connectivity index (χ2n) is 6.32. The molecule has 0 aliphatic carbocycles. The first-order valence-corrected chi connectivity index (χ1v) is 8.70. The van der Waals surface area contributed by atoms with E-state index in [1.165, 1.54) is 7.11 Å². The van der Waals surface area contributed by atoms with Gasteiger partial charge in [-0.2, -0.15) is 13.2 Å². The van der Waals surface area contributed by atoms with Gasteiger partial charge in [-0.1, -0.05) is 18.2 Å². The summed E-state index contributed by atoms with van der Waals surface area (Å²) in [5, 5.41) is 0.0533. The number of halogens is 3. The lowest BCUT2D eigenvalue weighted by molar-refractivity contribution is -0.159. The highest BCUT2D eigenvalue weighted by Gasteiger charge is 2.40. The standard InChI is InChI=1S/C20H17F3N2O5/c1-28-17-14-15(20(21,22)23)10(8-12(18(26)29-2)19(27)30-3)9-24-16(14)11-6-4-5-7-13(11)25-17/h4-7,9,12H,8H2,1-3H3. The van der Waals surface area contributed by atoms with Crippen LogP contribution in [0.25, 0.3) is 21.8 Å². The van der Waals surface area contributed by atoms with Crippen molar-refractivity contribution in [2.75, 3.05) is 21.3 Å². The van der Waals surface area contributed by atoms with Crippen molar-refractivity contribution in [2.45, 2.75) is 12.6 Å². The molecule has 0 fully saturated rings. The Kier molecular flexibility index (Phi) is 5.77. The lowest BCUT2D eigenvalue weighted by Gasteiger charge is -2.19. The third-order valence-electron chi connectivity index (χ3n) is 4.62. The van der Waals surface area contributed by atoms with Gasteiger partial charge >= 0.3 is 18.1 Å². The van der Waals surface area contributed by atoms with E-state index in [-0.39, 0.29) is 22.3 Å². The van der Waals surface area contributed by atoms with Crippen LogP contribution in [0.4, 0.5) is 13.2 Å². The number of carbonyl (C=O) groups excluding carboxylic acids is 2. The molecule has 3 rings (SSSR count). The van der Waals surface area contributed by atoms with Gasteiger partial charge in [-0.05, 0) is 18.1 Å². The fraction of sp³-hybridized carbons (Fsp3) is 0.300. The van der Waals surface area contributed by atoms with Gasteiger partial charge in [0, 0.05) is 11.6 Å². The van der Waals surface area contributed by atoms with E-state index in [2.05, 4.69) is 19.4 Å². The summed E-state index contributed by atoms with van der Waals surface area (Å²) >= 11 is 0. The number of alkyl halides is 3. The average molecular weight is 422 g/mol. The molecule has 0 saturated heterocycles. The predicted octanol–water partition coefficient (Wildman–Crippen LogP) is 3.32. The van der Waals surface area contributed by atoms with Crippen molar-refractivity contribution in [3.63, 3.8) is 0 Å². The number of methoxy groups -OCH3 is 3. The minimum Gasteiger partial charge on any atom is -0.480 e. The first-order chi connectivity index (χ1) is 14.2. The van der Waals surface area contributed by atoms with Crippen LogP contribution in [0.2, 0.25) is 0 Å². The fourth-order valence-electron chi connectivity index (χ4n) is 3.29. The summed E-state index contributed by atoms with van der Waals surface area (Å²) < 4.78 is 56.7. The molecular weight excluding hydrogens is 405 g/mol. The first-order valence-electron chi connectivity index (χ1n) is 8.70. The van der Waals surface area contributed by atoms with Crippen molar-refractivity contribution in [3.8, 4) is 5.88 Å². The maximum atomic E-state index is 14.2.